The van der Waals surface area contributed by atoms with Crippen molar-refractivity contribution in [1.29, 1.82) is 0 Å². The molecule has 5 heteroatoms. The lowest BCUT2D eigenvalue weighted by atomic mass is 10.0. The Morgan fingerprint density at radius 1 is 0.420 bits per heavy atom. The third-order valence-corrected chi connectivity index (χ3v) is 9.26. The Labute approximate surface area is 295 Å². The van der Waals surface area contributed by atoms with E-state index in [2.05, 4.69) is 95.6 Å². The van der Waals surface area contributed by atoms with E-state index in [9.17, 15) is 0 Å². The lowest BCUT2D eigenvalue weighted by Crippen LogP contribution is -2.06. The lowest BCUT2D eigenvalue weighted by molar-refractivity contribution is 0.953. The predicted octanol–water partition coefficient (Wildman–Crippen LogP) is 11.1. The van der Waals surface area contributed by atoms with Crippen molar-refractivity contribution in [3.8, 4) is 45.5 Å². The van der Waals surface area contributed by atoms with Crippen molar-refractivity contribution < 1.29 is 6.85 Å². The van der Waals surface area contributed by atoms with Crippen molar-refractivity contribution in [3.63, 3.8) is 0 Å². The molecule has 10 rings (SSSR count). The summed E-state index contributed by atoms with van der Waals surface area (Å²) < 4.78 is 46.9. The number of aromatic nitrogens is 5. The Hall–Kier alpha value is -6.85. The van der Waals surface area contributed by atoms with Crippen LogP contribution in [0.3, 0.4) is 0 Å². The van der Waals surface area contributed by atoms with Gasteiger partial charge in [-0.1, -0.05) is 145 Å². The minimum absolute atomic E-state index is 0.0142. The van der Waals surface area contributed by atoms with Gasteiger partial charge < -0.3 is 4.57 Å². The molecule has 3 aromatic heterocycles. The number of para-hydroxylation sites is 2. The van der Waals surface area contributed by atoms with E-state index in [0.717, 1.165) is 60.4 Å². The summed E-state index contributed by atoms with van der Waals surface area (Å²) in [6, 6.07) is 47.0. The van der Waals surface area contributed by atoms with Crippen LogP contribution in [0.5, 0.6) is 0 Å². The zero-order chi connectivity index (χ0) is 37.4. The Balaban J connectivity index is 1.32. The Morgan fingerprint density at radius 2 is 1.04 bits per heavy atom. The third-order valence-electron chi connectivity index (χ3n) is 9.26. The van der Waals surface area contributed by atoms with Crippen LogP contribution in [0.4, 0.5) is 0 Å². The molecule has 5 nitrogen and oxygen atoms in total. The van der Waals surface area contributed by atoms with Gasteiger partial charge in [0.25, 0.3) is 0 Å². The van der Waals surface area contributed by atoms with E-state index in [-0.39, 0.29) is 29.4 Å². The van der Waals surface area contributed by atoms with E-state index < -0.39 is 18.1 Å². The summed E-state index contributed by atoms with van der Waals surface area (Å²) in [4.78, 5) is 14.7. The quantitative estimate of drug-likeness (QED) is 0.187. The second kappa shape index (κ2) is 11.4. The van der Waals surface area contributed by atoms with Gasteiger partial charge >= 0.3 is 0 Å². The van der Waals surface area contributed by atoms with Crippen LogP contribution >= 0.6 is 0 Å². The first-order valence-electron chi connectivity index (χ1n) is 18.9. The number of rotatable bonds is 5. The third kappa shape index (κ3) is 4.45. The number of benzene rings is 7. The summed E-state index contributed by atoms with van der Waals surface area (Å²) in [5.41, 5.74) is 7.65. The van der Waals surface area contributed by atoms with Gasteiger partial charge in [-0.25, -0.2) is 4.98 Å². The summed E-state index contributed by atoms with van der Waals surface area (Å²) in [6.07, 6.45) is 0. The van der Waals surface area contributed by atoms with Gasteiger partial charge in [0.15, 0.2) is 11.6 Å². The average Bonchev–Trinajstić information content (AvgIpc) is 3.76. The number of hydrogen-bond donors (Lipinski definition) is 0. The average molecular weight is 645 g/mol. The van der Waals surface area contributed by atoms with Gasteiger partial charge in [0.2, 0.25) is 5.95 Å². The van der Waals surface area contributed by atoms with E-state index in [1.54, 1.807) is 0 Å². The van der Waals surface area contributed by atoms with Crippen LogP contribution in [0.2, 0.25) is 0 Å². The Bertz CT molecular complexity index is 3130. The van der Waals surface area contributed by atoms with Crippen molar-refractivity contribution in [3.05, 3.63) is 176 Å². The summed E-state index contributed by atoms with van der Waals surface area (Å²) in [6.45, 7) is 0. The van der Waals surface area contributed by atoms with Crippen LogP contribution in [0, 0.1) is 0 Å². The van der Waals surface area contributed by atoms with Gasteiger partial charge in [0, 0.05) is 38.4 Å². The van der Waals surface area contributed by atoms with Crippen LogP contribution < -0.4 is 0 Å². The van der Waals surface area contributed by atoms with Crippen molar-refractivity contribution in [2.45, 2.75) is 0 Å². The van der Waals surface area contributed by atoms with Gasteiger partial charge in [-0.15, -0.1) is 0 Å². The zero-order valence-corrected chi connectivity index (χ0v) is 26.6. The molecule has 0 saturated carbocycles. The van der Waals surface area contributed by atoms with Gasteiger partial charge in [0.05, 0.1) is 28.9 Å². The smallest absolute Gasteiger partial charge is 0.238 e. The molecule has 0 atom stereocenters. The molecule has 0 saturated heterocycles. The topological polar surface area (TPSA) is 48.5 Å². The maximum atomic E-state index is 8.79. The van der Waals surface area contributed by atoms with E-state index in [1.807, 2.05) is 59.2 Å². The summed E-state index contributed by atoms with van der Waals surface area (Å²) in [5.74, 6) is 0.556. The molecule has 0 fully saturated rings. The SMILES string of the molecule is [2H]c1c([2H])c([2H])c(-c2nc(-c3ccccc3)nc(-n3c4ccccc4c4c3ccc3c5ccccc5n(-c5cccc(-c6ccccc6)c5)c34)n2)c([2H])c1[2H]. The van der Waals surface area contributed by atoms with Gasteiger partial charge in [-0.2, -0.15) is 9.97 Å². The molecule has 0 bridgehead atoms. The van der Waals surface area contributed by atoms with Gasteiger partial charge in [-0.05, 0) is 41.5 Å². The molecule has 234 valence electrons. The summed E-state index contributed by atoms with van der Waals surface area (Å²) >= 11 is 0. The maximum Gasteiger partial charge on any atom is 0.238 e. The van der Waals surface area contributed by atoms with Crippen LogP contribution in [0.1, 0.15) is 6.85 Å². The van der Waals surface area contributed by atoms with Crippen molar-refractivity contribution in [2.24, 2.45) is 0 Å². The summed E-state index contributed by atoms with van der Waals surface area (Å²) in [5, 5.41) is 4.20. The standard InChI is InChI=1S/C45H29N5/c1-4-15-30(16-5-1)33-21-14-22-34(29-33)49-38-25-12-10-23-35(38)36-27-28-40-41(42(36)49)37-24-11-13-26-39(37)50(40)45-47-43(31-17-6-2-7-18-31)46-44(48-45)32-19-8-3-9-20-32/h1-29H/i2D,6D,7D,17D,18D. The minimum Gasteiger partial charge on any atom is -0.309 e. The van der Waals surface area contributed by atoms with E-state index >= 15 is 0 Å². The molecule has 10 aromatic rings. The maximum absolute atomic E-state index is 8.79. The Kier molecular flexibility index (Phi) is 5.35. The van der Waals surface area contributed by atoms with Crippen molar-refractivity contribution >= 4 is 43.6 Å². The fourth-order valence-corrected chi connectivity index (χ4v) is 7.10. The molecule has 0 unspecified atom stereocenters. The molecule has 0 aliphatic carbocycles. The van der Waals surface area contributed by atoms with E-state index in [1.165, 1.54) is 0 Å². The fraction of sp³-hybridized carbons (Fsp3) is 0. The molecule has 0 N–H and O–H groups in total. The van der Waals surface area contributed by atoms with Gasteiger partial charge in [-0.3, -0.25) is 4.57 Å². The highest BCUT2D eigenvalue weighted by atomic mass is 15.2. The molecule has 0 aliphatic rings. The molecule has 0 radical (unpaired) electrons. The number of fused-ring (bicyclic) bond motifs is 7. The first-order chi connectivity index (χ1) is 26.9. The monoisotopic (exact) mass is 644 g/mol. The Morgan fingerprint density at radius 3 is 1.80 bits per heavy atom. The molecular weight excluding hydrogens is 611 g/mol. The van der Waals surface area contributed by atoms with Crippen molar-refractivity contribution in [1.82, 2.24) is 24.1 Å². The molecule has 0 spiro atoms. The normalized spacial score (nSPS) is 13.0. The highest BCUT2D eigenvalue weighted by Gasteiger charge is 2.23. The fourth-order valence-electron chi connectivity index (χ4n) is 7.10. The van der Waals surface area contributed by atoms with Crippen LogP contribution in [-0.4, -0.2) is 24.1 Å². The first kappa shape index (κ1) is 23.5. The van der Waals surface area contributed by atoms with Crippen LogP contribution in [-0.2, 0) is 0 Å². The largest absolute Gasteiger partial charge is 0.309 e. The van der Waals surface area contributed by atoms with Crippen molar-refractivity contribution in [2.75, 3.05) is 0 Å². The first-order valence-corrected chi connectivity index (χ1v) is 16.4. The minimum atomic E-state index is -0.479. The molecular formula is C45H29N5. The number of nitrogens with zero attached hydrogens (tertiary/aromatic N) is 5. The van der Waals surface area contributed by atoms with E-state index in [4.69, 9.17) is 21.8 Å². The predicted molar refractivity (Wildman–Crippen MR) is 205 cm³/mol. The van der Waals surface area contributed by atoms with Crippen LogP contribution in [0.25, 0.3) is 89.2 Å². The highest BCUT2D eigenvalue weighted by Crippen LogP contribution is 2.42. The summed E-state index contributed by atoms with van der Waals surface area (Å²) in [7, 11) is 0. The molecule has 3 heterocycles. The second-order valence-electron chi connectivity index (χ2n) is 12.1. The highest BCUT2D eigenvalue weighted by molar-refractivity contribution is 6.26. The van der Waals surface area contributed by atoms with Gasteiger partial charge in [0.1, 0.15) is 0 Å². The van der Waals surface area contributed by atoms with E-state index in [0.29, 0.717) is 11.4 Å². The lowest BCUT2D eigenvalue weighted by Gasteiger charge is -2.12. The molecule has 7 aromatic carbocycles. The van der Waals surface area contributed by atoms with Crippen LogP contribution in [0.15, 0.2) is 176 Å². The molecule has 0 aliphatic heterocycles. The molecule has 0 amide bonds. The second-order valence-corrected chi connectivity index (χ2v) is 12.1. The number of hydrogen-bond acceptors (Lipinski definition) is 3. The molecule has 50 heavy (non-hydrogen) atoms. The zero-order valence-electron chi connectivity index (χ0n) is 31.6.